The maximum absolute atomic E-state index is 13.7. The Morgan fingerprint density at radius 2 is 2.04 bits per heavy atom. The molecule has 4 rings (SSSR count). The van der Waals surface area contributed by atoms with E-state index < -0.39 is 6.17 Å². The summed E-state index contributed by atoms with van der Waals surface area (Å²) in [5, 5.41) is 21.0. The van der Waals surface area contributed by atoms with Crippen molar-refractivity contribution >= 4 is 5.82 Å². The number of hydrogen-bond acceptors (Lipinski definition) is 5. The zero-order chi connectivity index (χ0) is 19.6. The van der Waals surface area contributed by atoms with E-state index in [1.807, 2.05) is 43.3 Å². The monoisotopic (exact) mass is 373 g/mol. The van der Waals surface area contributed by atoms with Crippen LogP contribution in [-0.2, 0) is 5.41 Å². The molecule has 1 aliphatic rings. The second-order valence-corrected chi connectivity index (χ2v) is 7.31. The number of hydrogen-bond donors (Lipinski definition) is 1. The Morgan fingerprint density at radius 1 is 1.18 bits per heavy atom. The number of nitrogens with one attached hydrogen (secondary N) is 1. The maximum Gasteiger partial charge on any atom is 0.148 e. The van der Waals surface area contributed by atoms with Crippen LogP contribution >= 0.6 is 0 Å². The van der Waals surface area contributed by atoms with Crippen molar-refractivity contribution in [3.8, 4) is 17.3 Å². The van der Waals surface area contributed by atoms with E-state index >= 15 is 0 Å². The minimum Gasteiger partial charge on any atom is -0.368 e. The quantitative estimate of drug-likeness (QED) is 0.725. The molecule has 0 saturated heterocycles. The second-order valence-electron chi connectivity index (χ2n) is 7.31. The molecule has 0 amide bonds. The van der Waals surface area contributed by atoms with Crippen LogP contribution < -0.4 is 5.32 Å². The summed E-state index contributed by atoms with van der Waals surface area (Å²) in [5.41, 5.74) is 3.75. The largest absolute Gasteiger partial charge is 0.368 e. The summed E-state index contributed by atoms with van der Waals surface area (Å²) in [7, 11) is 0. The van der Waals surface area contributed by atoms with Crippen LogP contribution in [0.4, 0.5) is 10.2 Å². The molecule has 140 valence electrons. The predicted molar refractivity (Wildman–Crippen MR) is 105 cm³/mol. The molecule has 0 radical (unpaired) electrons. The van der Waals surface area contributed by atoms with Crippen molar-refractivity contribution in [1.82, 2.24) is 15.2 Å². The minimum absolute atomic E-state index is 0.309. The molecule has 1 aromatic carbocycles. The van der Waals surface area contributed by atoms with Crippen LogP contribution in [0, 0.1) is 18.3 Å². The van der Waals surface area contributed by atoms with E-state index in [0.717, 1.165) is 22.5 Å². The lowest BCUT2D eigenvalue weighted by Gasteiger charge is -2.44. The Kier molecular flexibility index (Phi) is 4.74. The fraction of sp³-hybridized carbons (Fsp3) is 0.273. The minimum atomic E-state index is -0.786. The van der Waals surface area contributed by atoms with Gasteiger partial charge in [-0.2, -0.15) is 5.26 Å². The topological polar surface area (TPSA) is 74.5 Å². The zero-order valence-corrected chi connectivity index (χ0v) is 15.6. The van der Waals surface area contributed by atoms with Crippen molar-refractivity contribution < 1.29 is 4.39 Å². The summed E-state index contributed by atoms with van der Waals surface area (Å²) in [6, 6.07) is 17.1. The molecular weight excluding hydrogens is 353 g/mol. The number of aromatic nitrogens is 3. The molecule has 3 aromatic rings. The molecule has 28 heavy (non-hydrogen) atoms. The third kappa shape index (κ3) is 3.44. The van der Waals surface area contributed by atoms with Crippen molar-refractivity contribution in [2.45, 2.75) is 31.4 Å². The van der Waals surface area contributed by atoms with Gasteiger partial charge in [0.2, 0.25) is 0 Å². The molecule has 2 heterocycles. The number of aryl methyl sites for hydroxylation is 1. The van der Waals surface area contributed by atoms with Crippen molar-refractivity contribution in [1.29, 1.82) is 5.26 Å². The smallest absolute Gasteiger partial charge is 0.148 e. The highest BCUT2D eigenvalue weighted by Crippen LogP contribution is 2.44. The first-order valence-electron chi connectivity index (χ1n) is 9.24. The molecule has 1 saturated carbocycles. The number of alkyl halides is 1. The van der Waals surface area contributed by atoms with Crippen LogP contribution in [0.2, 0.25) is 0 Å². The van der Waals surface area contributed by atoms with Crippen LogP contribution in [-0.4, -0.2) is 27.9 Å². The van der Waals surface area contributed by atoms with Gasteiger partial charge in [0.1, 0.15) is 12.0 Å². The van der Waals surface area contributed by atoms with E-state index in [1.165, 1.54) is 0 Å². The molecule has 5 nitrogen and oxygen atoms in total. The number of anilines is 1. The van der Waals surface area contributed by atoms with Gasteiger partial charge in [-0.1, -0.05) is 18.2 Å². The fourth-order valence-electron chi connectivity index (χ4n) is 3.76. The molecular formula is C22H20FN5. The van der Waals surface area contributed by atoms with Crippen molar-refractivity contribution in [3.63, 3.8) is 0 Å². The van der Waals surface area contributed by atoms with E-state index in [2.05, 4.69) is 26.6 Å². The second kappa shape index (κ2) is 7.35. The lowest BCUT2D eigenvalue weighted by atomic mass is 9.65. The Hall–Kier alpha value is -3.33. The Balaban J connectivity index is 1.53. The lowest BCUT2D eigenvalue weighted by molar-refractivity contribution is 0.0996. The third-order valence-corrected chi connectivity index (χ3v) is 5.29. The van der Waals surface area contributed by atoms with E-state index in [9.17, 15) is 4.39 Å². The van der Waals surface area contributed by atoms with Gasteiger partial charge in [0, 0.05) is 29.4 Å². The lowest BCUT2D eigenvalue weighted by Crippen LogP contribution is -2.48. The molecule has 0 bridgehead atoms. The molecule has 0 spiro atoms. The van der Waals surface area contributed by atoms with Gasteiger partial charge in [-0.3, -0.25) is 4.98 Å². The molecule has 1 N–H and O–H groups in total. The first kappa shape index (κ1) is 18.1. The van der Waals surface area contributed by atoms with E-state index in [0.29, 0.717) is 30.8 Å². The van der Waals surface area contributed by atoms with Gasteiger partial charge in [-0.25, -0.2) is 4.39 Å². The van der Waals surface area contributed by atoms with Crippen LogP contribution in [0.3, 0.4) is 0 Å². The summed E-state index contributed by atoms with van der Waals surface area (Å²) >= 11 is 0. The van der Waals surface area contributed by atoms with Gasteiger partial charge in [-0.05, 0) is 55.7 Å². The maximum atomic E-state index is 13.7. The predicted octanol–water partition coefficient (Wildman–Crippen LogP) is 4.20. The number of halogens is 1. The highest BCUT2D eigenvalue weighted by atomic mass is 19.1. The fourth-order valence-corrected chi connectivity index (χ4v) is 3.76. The normalized spacial score (nSPS) is 20.8. The third-order valence-electron chi connectivity index (χ3n) is 5.29. The number of benzene rings is 1. The Labute approximate surface area is 163 Å². The van der Waals surface area contributed by atoms with Gasteiger partial charge in [0.05, 0.1) is 17.3 Å². The standard InChI is InChI=1S/C22H20FN5/c1-15-9-20(27-28-21(15)17-6-4-5-16(10-17)13-24)26-14-22(11-18(23)12-22)19-7-2-3-8-25-19/h2-10,18H,11-12,14H2,1H3,(H,26,27). The molecule has 1 fully saturated rings. The van der Waals surface area contributed by atoms with Crippen molar-refractivity contribution in [2.75, 3.05) is 11.9 Å². The SMILES string of the molecule is Cc1cc(NCC2(c3ccccn3)CC(F)C2)nnc1-c1cccc(C#N)c1. The Morgan fingerprint density at radius 3 is 2.71 bits per heavy atom. The van der Waals surface area contributed by atoms with Crippen molar-refractivity contribution in [2.24, 2.45) is 0 Å². The summed E-state index contributed by atoms with van der Waals surface area (Å²) in [6.07, 6.45) is 1.88. The van der Waals surface area contributed by atoms with Crippen LogP contribution in [0.5, 0.6) is 0 Å². The van der Waals surface area contributed by atoms with Gasteiger partial charge < -0.3 is 5.32 Å². The van der Waals surface area contributed by atoms with Crippen LogP contribution in [0.25, 0.3) is 11.3 Å². The first-order chi connectivity index (χ1) is 13.6. The van der Waals surface area contributed by atoms with Crippen molar-refractivity contribution in [3.05, 3.63) is 71.5 Å². The van der Waals surface area contributed by atoms with Crippen LogP contribution in [0.15, 0.2) is 54.7 Å². The van der Waals surface area contributed by atoms with Gasteiger partial charge >= 0.3 is 0 Å². The molecule has 1 aliphatic carbocycles. The zero-order valence-electron chi connectivity index (χ0n) is 15.6. The first-order valence-corrected chi connectivity index (χ1v) is 9.24. The number of pyridine rings is 1. The van der Waals surface area contributed by atoms with E-state index in [-0.39, 0.29) is 5.41 Å². The summed E-state index contributed by atoms with van der Waals surface area (Å²) in [6.45, 7) is 2.52. The van der Waals surface area contributed by atoms with E-state index in [4.69, 9.17) is 5.26 Å². The molecule has 2 aromatic heterocycles. The molecule has 0 atom stereocenters. The summed E-state index contributed by atoms with van der Waals surface area (Å²) in [5.74, 6) is 0.648. The van der Waals surface area contributed by atoms with Gasteiger partial charge in [0.15, 0.2) is 0 Å². The molecule has 6 heteroatoms. The highest BCUT2D eigenvalue weighted by Gasteiger charge is 2.47. The Bertz CT molecular complexity index is 1020. The van der Waals surface area contributed by atoms with E-state index in [1.54, 1.807) is 18.3 Å². The average Bonchev–Trinajstić information content (AvgIpc) is 2.71. The molecule has 0 unspecified atom stereocenters. The average molecular weight is 373 g/mol. The highest BCUT2D eigenvalue weighted by molar-refractivity contribution is 5.65. The van der Waals surface area contributed by atoms with Gasteiger partial charge in [-0.15, -0.1) is 10.2 Å². The van der Waals surface area contributed by atoms with Crippen LogP contribution in [0.1, 0.15) is 29.7 Å². The number of nitrogens with zero attached hydrogens (tertiary/aromatic N) is 4. The van der Waals surface area contributed by atoms with Gasteiger partial charge in [0.25, 0.3) is 0 Å². The summed E-state index contributed by atoms with van der Waals surface area (Å²) < 4.78 is 13.7. The summed E-state index contributed by atoms with van der Waals surface area (Å²) in [4.78, 5) is 4.44. The number of nitriles is 1. The molecule has 0 aliphatic heterocycles. The number of rotatable bonds is 5.